The Bertz CT molecular complexity index is 776. The van der Waals surface area contributed by atoms with Crippen molar-refractivity contribution in [3.05, 3.63) is 28.2 Å². The van der Waals surface area contributed by atoms with E-state index in [0.29, 0.717) is 6.42 Å². The SMILES string of the molecule is O=S1(=O)CC2CC1CN2S(=O)(=O)c1cc(Cl)ccc1Cl. The number of nitrogens with zero attached hydrogens (tertiary/aromatic N) is 1. The summed E-state index contributed by atoms with van der Waals surface area (Å²) in [6.07, 6.45) is 0.361. The molecule has 2 saturated heterocycles. The van der Waals surface area contributed by atoms with Crippen LogP contribution in [0.5, 0.6) is 0 Å². The molecule has 0 saturated carbocycles. The summed E-state index contributed by atoms with van der Waals surface area (Å²) in [6, 6.07) is 3.72. The van der Waals surface area contributed by atoms with Crippen molar-refractivity contribution < 1.29 is 16.8 Å². The van der Waals surface area contributed by atoms with Crippen LogP contribution in [0.15, 0.2) is 23.1 Å². The van der Waals surface area contributed by atoms with E-state index in [9.17, 15) is 16.8 Å². The van der Waals surface area contributed by atoms with Gasteiger partial charge in [0.2, 0.25) is 10.0 Å². The van der Waals surface area contributed by atoms with Crippen LogP contribution in [0.2, 0.25) is 10.0 Å². The van der Waals surface area contributed by atoms with Crippen LogP contribution in [0.3, 0.4) is 0 Å². The molecule has 2 heterocycles. The number of hydrogen-bond acceptors (Lipinski definition) is 4. The summed E-state index contributed by atoms with van der Waals surface area (Å²) in [5.41, 5.74) is 0. The van der Waals surface area contributed by atoms with Crippen molar-refractivity contribution in [2.45, 2.75) is 22.6 Å². The number of sulfonamides is 1. The highest BCUT2D eigenvalue weighted by Crippen LogP contribution is 2.38. The lowest BCUT2D eigenvalue weighted by atomic mass is 10.3. The van der Waals surface area contributed by atoms with Crippen molar-refractivity contribution in [1.29, 1.82) is 0 Å². The molecule has 20 heavy (non-hydrogen) atoms. The maximum absolute atomic E-state index is 12.6. The van der Waals surface area contributed by atoms with Gasteiger partial charge in [-0.1, -0.05) is 23.2 Å². The Balaban J connectivity index is 2.01. The van der Waals surface area contributed by atoms with Gasteiger partial charge in [-0.2, -0.15) is 4.31 Å². The summed E-state index contributed by atoms with van der Waals surface area (Å²) < 4.78 is 49.8. The minimum absolute atomic E-state index is 0.00181. The normalized spacial score (nSPS) is 28.9. The Morgan fingerprint density at radius 2 is 1.95 bits per heavy atom. The summed E-state index contributed by atoms with van der Waals surface area (Å²) >= 11 is 11.8. The van der Waals surface area contributed by atoms with E-state index in [1.807, 2.05) is 0 Å². The third-order valence-corrected chi connectivity index (χ3v) is 8.58. The molecule has 1 aromatic rings. The second-order valence-electron chi connectivity index (χ2n) is 4.99. The van der Waals surface area contributed by atoms with Gasteiger partial charge in [0.05, 0.1) is 16.0 Å². The Hall–Kier alpha value is -0.340. The second kappa shape index (κ2) is 4.58. The lowest BCUT2D eigenvalue weighted by molar-refractivity contribution is 0.402. The van der Waals surface area contributed by atoms with Gasteiger partial charge in [0.15, 0.2) is 9.84 Å². The van der Waals surface area contributed by atoms with E-state index in [1.165, 1.54) is 22.5 Å². The van der Waals surface area contributed by atoms with Crippen molar-refractivity contribution >= 4 is 43.1 Å². The fourth-order valence-electron chi connectivity index (χ4n) is 2.76. The molecule has 0 aromatic heterocycles. The van der Waals surface area contributed by atoms with Crippen molar-refractivity contribution in [2.24, 2.45) is 0 Å². The first-order valence-electron chi connectivity index (χ1n) is 5.90. The van der Waals surface area contributed by atoms with Crippen LogP contribution in [-0.4, -0.2) is 44.7 Å². The zero-order valence-corrected chi connectivity index (χ0v) is 13.3. The molecule has 0 N–H and O–H groups in total. The van der Waals surface area contributed by atoms with Gasteiger partial charge in [-0.25, -0.2) is 16.8 Å². The molecule has 2 aliphatic heterocycles. The Kier molecular flexibility index (Phi) is 3.34. The summed E-state index contributed by atoms with van der Waals surface area (Å²) in [7, 11) is -6.97. The van der Waals surface area contributed by atoms with Crippen molar-refractivity contribution in [1.82, 2.24) is 4.31 Å². The van der Waals surface area contributed by atoms with E-state index >= 15 is 0 Å². The van der Waals surface area contributed by atoms with Crippen LogP contribution < -0.4 is 0 Å². The van der Waals surface area contributed by atoms with Crippen molar-refractivity contribution in [2.75, 3.05) is 12.3 Å². The van der Waals surface area contributed by atoms with Crippen LogP contribution in [0.4, 0.5) is 0 Å². The van der Waals surface area contributed by atoms with E-state index < -0.39 is 31.2 Å². The molecule has 0 aliphatic carbocycles. The first kappa shape index (κ1) is 14.6. The van der Waals surface area contributed by atoms with Gasteiger partial charge < -0.3 is 0 Å². The molecule has 0 radical (unpaired) electrons. The van der Waals surface area contributed by atoms with Gasteiger partial charge >= 0.3 is 0 Å². The highest BCUT2D eigenvalue weighted by atomic mass is 35.5. The lowest BCUT2D eigenvalue weighted by Crippen LogP contribution is -2.44. The highest BCUT2D eigenvalue weighted by Gasteiger charge is 2.52. The molecule has 0 amide bonds. The zero-order chi connectivity index (χ0) is 14.7. The van der Waals surface area contributed by atoms with Crippen LogP contribution in [0, 0.1) is 0 Å². The molecular formula is C11H11Cl2NO4S2. The molecule has 2 atom stereocenters. The van der Waals surface area contributed by atoms with Gasteiger partial charge in [0.1, 0.15) is 4.90 Å². The van der Waals surface area contributed by atoms with Gasteiger partial charge in [0, 0.05) is 17.6 Å². The first-order valence-corrected chi connectivity index (χ1v) is 9.81. The Morgan fingerprint density at radius 1 is 1.25 bits per heavy atom. The predicted octanol–water partition coefficient (Wildman–Crippen LogP) is 1.55. The number of hydrogen-bond donors (Lipinski definition) is 0. The average molecular weight is 356 g/mol. The molecule has 5 nitrogen and oxygen atoms in total. The van der Waals surface area contributed by atoms with Gasteiger partial charge in [-0.3, -0.25) is 0 Å². The van der Waals surface area contributed by atoms with E-state index in [2.05, 4.69) is 0 Å². The fraction of sp³-hybridized carbons (Fsp3) is 0.455. The summed E-state index contributed by atoms with van der Waals surface area (Å²) in [5, 5.41) is -0.245. The van der Waals surface area contributed by atoms with Crippen molar-refractivity contribution in [3.8, 4) is 0 Å². The summed E-state index contributed by atoms with van der Waals surface area (Å²) in [4.78, 5) is -0.0726. The lowest BCUT2D eigenvalue weighted by Gasteiger charge is -2.26. The van der Waals surface area contributed by atoms with E-state index in [4.69, 9.17) is 23.2 Å². The smallest absolute Gasteiger partial charge is 0.228 e. The second-order valence-corrected chi connectivity index (χ2v) is 10.0. The molecule has 3 rings (SSSR count). The molecular weight excluding hydrogens is 345 g/mol. The Labute approximate surface area is 127 Å². The van der Waals surface area contributed by atoms with Crippen LogP contribution in [0.25, 0.3) is 0 Å². The minimum atomic E-state index is -3.82. The van der Waals surface area contributed by atoms with E-state index in [-0.39, 0.29) is 27.2 Å². The highest BCUT2D eigenvalue weighted by molar-refractivity contribution is 7.93. The number of sulfone groups is 1. The zero-order valence-electron chi connectivity index (χ0n) is 10.2. The van der Waals surface area contributed by atoms with E-state index in [0.717, 1.165) is 0 Å². The van der Waals surface area contributed by atoms with Crippen LogP contribution >= 0.6 is 23.2 Å². The molecule has 110 valence electrons. The van der Waals surface area contributed by atoms with Gasteiger partial charge in [-0.05, 0) is 24.6 Å². The molecule has 9 heteroatoms. The molecule has 2 aliphatic rings. The maximum atomic E-state index is 12.6. The standard InChI is InChI=1S/C11H11Cl2NO4S2/c12-7-1-2-10(13)11(3-7)20(17,18)14-5-9-4-8(14)6-19(9,15)16/h1-3,8-9H,4-6H2. The third-order valence-electron chi connectivity index (χ3n) is 3.74. The molecule has 1 aromatic carbocycles. The fourth-order valence-corrected chi connectivity index (χ4v) is 7.39. The average Bonchev–Trinajstić information content (AvgIpc) is 2.87. The summed E-state index contributed by atoms with van der Waals surface area (Å²) in [6.45, 7) is -0.00181. The van der Waals surface area contributed by atoms with Gasteiger partial charge in [-0.15, -0.1) is 0 Å². The molecule has 2 unspecified atom stereocenters. The monoisotopic (exact) mass is 355 g/mol. The largest absolute Gasteiger partial charge is 0.244 e. The van der Waals surface area contributed by atoms with E-state index in [1.54, 1.807) is 0 Å². The van der Waals surface area contributed by atoms with Gasteiger partial charge in [0.25, 0.3) is 0 Å². The quantitative estimate of drug-likeness (QED) is 0.806. The predicted molar refractivity (Wildman–Crippen MR) is 76.3 cm³/mol. The number of fused-ring (bicyclic) bond motifs is 2. The number of rotatable bonds is 2. The number of benzene rings is 1. The van der Waals surface area contributed by atoms with Crippen LogP contribution in [0.1, 0.15) is 6.42 Å². The van der Waals surface area contributed by atoms with Crippen LogP contribution in [-0.2, 0) is 19.9 Å². The molecule has 2 bridgehead atoms. The van der Waals surface area contributed by atoms with Crippen molar-refractivity contribution in [3.63, 3.8) is 0 Å². The summed E-state index contributed by atoms with van der Waals surface area (Å²) in [5.74, 6) is -0.116. The Morgan fingerprint density at radius 3 is 2.50 bits per heavy atom. The topological polar surface area (TPSA) is 71.5 Å². The number of halogens is 2. The minimum Gasteiger partial charge on any atom is -0.228 e. The third kappa shape index (κ3) is 2.16. The first-order chi connectivity index (χ1) is 9.22. The molecule has 0 spiro atoms. The maximum Gasteiger partial charge on any atom is 0.244 e. The molecule has 2 fully saturated rings.